The van der Waals surface area contributed by atoms with E-state index >= 15 is 0 Å². The third-order valence-electron chi connectivity index (χ3n) is 3.70. The highest BCUT2D eigenvalue weighted by atomic mass is 16.3. The van der Waals surface area contributed by atoms with Gasteiger partial charge in [-0.3, -0.25) is 9.69 Å². The zero-order chi connectivity index (χ0) is 12.2. The molecule has 0 aromatic rings. The van der Waals surface area contributed by atoms with Crippen LogP contribution in [0.25, 0.3) is 0 Å². The first-order chi connectivity index (χ1) is 7.44. The Hall–Kier alpha value is -0.410. The SMILES string of the molecule is CCC(C)C(=O)CN1CCCC(C)(O)CC1. The molecule has 0 aromatic heterocycles. The molecule has 0 aliphatic carbocycles. The summed E-state index contributed by atoms with van der Waals surface area (Å²) in [6, 6.07) is 0. The first-order valence-electron chi connectivity index (χ1n) is 6.42. The maximum Gasteiger partial charge on any atom is 0.149 e. The van der Waals surface area contributed by atoms with Crippen LogP contribution in [-0.4, -0.2) is 41.0 Å². The molecular formula is C13H25NO2. The van der Waals surface area contributed by atoms with Gasteiger partial charge in [-0.15, -0.1) is 0 Å². The number of aliphatic hydroxyl groups is 1. The Balaban J connectivity index is 2.41. The lowest BCUT2D eigenvalue weighted by Crippen LogP contribution is -2.34. The summed E-state index contributed by atoms with van der Waals surface area (Å²) >= 11 is 0. The van der Waals surface area contributed by atoms with E-state index in [0.29, 0.717) is 12.3 Å². The summed E-state index contributed by atoms with van der Waals surface area (Å²) in [4.78, 5) is 14.0. The van der Waals surface area contributed by atoms with Crippen LogP contribution in [0.2, 0.25) is 0 Å². The molecule has 0 radical (unpaired) electrons. The molecule has 3 heteroatoms. The van der Waals surface area contributed by atoms with Gasteiger partial charge in [0.2, 0.25) is 0 Å². The van der Waals surface area contributed by atoms with Crippen molar-refractivity contribution in [3.8, 4) is 0 Å². The van der Waals surface area contributed by atoms with Crippen molar-refractivity contribution in [2.24, 2.45) is 5.92 Å². The topological polar surface area (TPSA) is 40.5 Å². The van der Waals surface area contributed by atoms with Gasteiger partial charge >= 0.3 is 0 Å². The molecular weight excluding hydrogens is 202 g/mol. The number of Topliss-reactive ketones (excluding diaryl/α,β-unsaturated/α-hetero) is 1. The highest BCUT2D eigenvalue weighted by Gasteiger charge is 2.26. The predicted molar refractivity (Wildman–Crippen MR) is 65.4 cm³/mol. The fraction of sp³-hybridized carbons (Fsp3) is 0.923. The van der Waals surface area contributed by atoms with E-state index in [9.17, 15) is 9.90 Å². The molecule has 0 bridgehead atoms. The summed E-state index contributed by atoms with van der Waals surface area (Å²) in [7, 11) is 0. The maximum atomic E-state index is 11.8. The Morgan fingerprint density at radius 1 is 1.44 bits per heavy atom. The van der Waals surface area contributed by atoms with Crippen molar-refractivity contribution in [2.45, 2.75) is 52.1 Å². The molecule has 0 aromatic carbocycles. The number of carbonyl (C=O) groups is 1. The average Bonchev–Trinajstić information content (AvgIpc) is 2.39. The van der Waals surface area contributed by atoms with E-state index in [0.717, 1.165) is 38.8 Å². The third-order valence-corrected chi connectivity index (χ3v) is 3.70. The first kappa shape index (κ1) is 13.7. The minimum absolute atomic E-state index is 0.170. The van der Waals surface area contributed by atoms with Crippen LogP contribution >= 0.6 is 0 Å². The van der Waals surface area contributed by atoms with Gasteiger partial charge in [0, 0.05) is 12.5 Å². The monoisotopic (exact) mass is 227 g/mol. The van der Waals surface area contributed by atoms with Crippen LogP contribution in [0, 0.1) is 5.92 Å². The van der Waals surface area contributed by atoms with Gasteiger partial charge in [-0.05, 0) is 39.2 Å². The Labute approximate surface area is 98.8 Å². The molecule has 1 rings (SSSR count). The smallest absolute Gasteiger partial charge is 0.149 e. The Morgan fingerprint density at radius 3 is 2.75 bits per heavy atom. The molecule has 94 valence electrons. The third kappa shape index (κ3) is 4.22. The van der Waals surface area contributed by atoms with Gasteiger partial charge in [0.25, 0.3) is 0 Å². The normalized spacial score (nSPS) is 29.8. The molecule has 2 unspecified atom stereocenters. The van der Waals surface area contributed by atoms with Gasteiger partial charge in [0.1, 0.15) is 5.78 Å². The summed E-state index contributed by atoms with van der Waals surface area (Å²) in [5.41, 5.74) is -0.534. The number of likely N-dealkylation sites (tertiary alicyclic amines) is 1. The summed E-state index contributed by atoms with van der Waals surface area (Å²) in [6.45, 7) is 8.29. The fourth-order valence-electron chi connectivity index (χ4n) is 2.08. The van der Waals surface area contributed by atoms with E-state index in [1.54, 1.807) is 0 Å². The summed E-state index contributed by atoms with van der Waals surface area (Å²) in [6.07, 6.45) is 3.53. The number of hydrogen-bond acceptors (Lipinski definition) is 3. The van der Waals surface area contributed by atoms with Crippen LogP contribution in [0.15, 0.2) is 0 Å². The lowest BCUT2D eigenvalue weighted by molar-refractivity contribution is -0.123. The summed E-state index contributed by atoms with van der Waals surface area (Å²) in [5.74, 6) is 0.507. The molecule has 1 N–H and O–H groups in total. The first-order valence-corrected chi connectivity index (χ1v) is 6.42. The highest BCUT2D eigenvalue weighted by molar-refractivity contribution is 5.82. The zero-order valence-corrected chi connectivity index (χ0v) is 10.8. The molecule has 1 heterocycles. The molecule has 1 fully saturated rings. The van der Waals surface area contributed by atoms with Crippen LogP contribution in [0.1, 0.15) is 46.5 Å². The number of nitrogens with zero attached hydrogens (tertiary/aromatic N) is 1. The lowest BCUT2D eigenvalue weighted by atomic mass is 9.98. The summed E-state index contributed by atoms with van der Waals surface area (Å²) < 4.78 is 0. The molecule has 0 amide bonds. The van der Waals surface area contributed by atoms with Crippen molar-refractivity contribution in [1.82, 2.24) is 4.90 Å². The van der Waals surface area contributed by atoms with Gasteiger partial charge in [0.05, 0.1) is 12.1 Å². The number of carbonyl (C=O) groups excluding carboxylic acids is 1. The van der Waals surface area contributed by atoms with Crippen LogP contribution < -0.4 is 0 Å². The Bertz CT molecular complexity index is 238. The van der Waals surface area contributed by atoms with Crippen molar-refractivity contribution in [3.05, 3.63) is 0 Å². The van der Waals surface area contributed by atoms with Crippen LogP contribution in [0.3, 0.4) is 0 Å². The molecule has 1 aliphatic rings. The second-order valence-corrected chi connectivity index (χ2v) is 5.40. The highest BCUT2D eigenvalue weighted by Crippen LogP contribution is 2.21. The largest absolute Gasteiger partial charge is 0.390 e. The Morgan fingerprint density at radius 2 is 2.12 bits per heavy atom. The van der Waals surface area contributed by atoms with Gasteiger partial charge in [-0.25, -0.2) is 0 Å². The van der Waals surface area contributed by atoms with Gasteiger partial charge in [-0.1, -0.05) is 13.8 Å². The van der Waals surface area contributed by atoms with Gasteiger partial charge in [-0.2, -0.15) is 0 Å². The van der Waals surface area contributed by atoms with Crippen LogP contribution in [-0.2, 0) is 4.79 Å². The fourth-order valence-corrected chi connectivity index (χ4v) is 2.08. The molecule has 3 nitrogen and oxygen atoms in total. The number of ketones is 1. The van der Waals surface area contributed by atoms with Gasteiger partial charge in [0.15, 0.2) is 0 Å². The van der Waals surface area contributed by atoms with E-state index in [4.69, 9.17) is 0 Å². The van der Waals surface area contributed by atoms with Crippen molar-refractivity contribution >= 4 is 5.78 Å². The van der Waals surface area contributed by atoms with Crippen LogP contribution in [0.4, 0.5) is 0 Å². The second-order valence-electron chi connectivity index (χ2n) is 5.40. The quantitative estimate of drug-likeness (QED) is 0.796. The van der Waals surface area contributed by atoms with E-state index in [-0.39, 0.29) is 5.92 Å². The molecule has 2 atom stereocenters. The minimum Gasteiger partial charge on any atom is -0.390 e. The molecule has 1 saturated heterocycles. The zero-order valence-electron chi connectivity index (χ0n) is 10.8. The lowest BCUT2D eigenvalue weighted by Gasteiger charge is -2.22. The predicted octanol–water partition coefficient (Wildman–Crippen LogP) is 1.84. The van der Waals surface area contributed by atoms with Gasteiger partial charge < -0.3 is 5.11 Å². The minimum atomic E-state index is -0.534. The van der Waals surface area contributed by atoms with Crippen LogP contribution in [0.5, 0.6) is 0 Å². The van der Waals surface area contributed by atoms with E-state index in [1.807, 2.05) is 13.8 Å². The standard InChI is InChI=1S/C13H25NO2/c1-4-11(2)12(15)10-14-8-5-6-13(3,16)7-9-14/h11,16H,4-10H2,1-3H3. The number of rotatable bonds is 4. The second kappa shape index (κ2) is 5.78. The molecule has 1 aliphatic heterocycles. The Kier molecular flexibility index (Phi) is 4.93. The van der Waals surface area contributed by atoms with Crippen molar-refractivity contribution in [1.29, 1.82) is 0 Å². The number of hydrogen-bond donors (Lipinski definition) is 1. The average molecular weight is 227 g/mol. The molecule has 0 saturated carbocycles. The maximum absolute atomic E-state index is 11.8. The summed E-state index contributed by atoms with van der Waals surface area (Å²) in [5, 5.41) is 9.95. The van der Waals surface area contributed by atoms with E-state index < -0.39 is 5.60 Å². The van der Waals surface area contributed by atoms with E-state index in [2.05, 4.69) is 11.8 Å². The van der Waals surface area contributed by atoms with Crippen molar-refractivity contribution < 1.29 is 9.90 Å². The van der Waals surface area contributed by atoms with Crippen molar-refractivity contribution in [2.75, 3.05) is 19.6 Å². The van der Waals surface area contributed by atoms with Crippen molar-refractivity contribution in [3.63, 3.8) is 0 Å². The van der Waals surface area contributed by atoms with E-state index in [1.165, 1.54) is 0 Å². The molecule has 0 spiro atoms. The molecule has 16 heavy (non-hydrogen) atoms.